The average molecular weight is 511 g/mol. The zero-order valence-corrected chi connectivity index (χ0v) is 23.7. The molecular formula is C30H58N2O4. The number of carboxylic acid groups (broad SMARTS) is 1. The molecule has 2 amide bonds. The van der Waals surface area contributed by atoms with Gasteiger partial charge in [-0.2, -0.15) is 0 Å². The minimum Gasteiger partial charge on any atom is -0.480 e. The number of nitrogens with one attached hydrogen (secondary N) is 2. The maximum atomic E-state index is 12.1. The second-order valence-corrected chi connectivity index (χ2v) is 10.5. The molecule has 0 unspecified atom stereocenters. The topological polar surface area (TPSA) is 95.5 Å². The first-order valence-corrected chi connectivity index (χ1v) is 15.3. The molecule has 0 aliphatic carbocycles. The van der Waals surface area contributed by atoms with Gasteiger partial charge >= 0.3 is 5.97 Å². The van der Waals surface area contributed by atoms with Gasteiger partial charge in [-0.3, -0.25) is 9.59 Å². The second kappa shape index (κ2) is 26.5. The molecule has 0 rings (SSSR count). The number of carbonyl (C=O) groups excluding carboxylic acids is 2. The molecule has 1 atom stereocenters. The minimum atomic E-state index is -0.982. The molecular weight excluding hydrogens is 452 g/mol. The Kier molecular flexibility index (Phi) is 25.3. The average Bonchev–Trinajstić information content (AvgIpc) is 2.85. The van der Waals surface area contributed by atoms with Crippen molar-refractivity contribution in [1.82, 2.24) is 10.6 Å². The quantitative estimate of drug-likeness (QED) is 0.0987. The van der Waals surface area contributed by atoms with Crippen molar-refractivity contribution in [2.75, 3.05) is 6.54 Å². The highest BCUT2D eigenvalue weighted by Crippen LogP contribution is 2.12. The van der Waals surface area contributed by atoms with Gasteiger partial charge in [-0.1, -0.05) is 117 Å². The number of aliphatic carboxylic acids is 1. The highest BCUT2D eigenvalue weighted by atomic mass is 16.4. The van der Waals surface area contributed by atoms with Gasteiger partial charge in [0.1, 0.15) is 6.04 Å². The maximum Gasteiger partial charge on any atom is 0.326 e. The van der Waals surface area contributed by atoms with Crippen LogP contribution in [0, 0.1) is 0 Å². The first-order valence-electron chi connectivity index (χ1n) is 15.3. The molecule has 212 valence electrons. The predicted octanol–water partition coefficient (Wildman–Crippen LogP) is 7.68. The summed E-state index contributed by atoms with van der Waals surface area (Å²) in [6, 6.07) is -0.839. The SMILES string of the molecule is CCCCCCCCCCCC(=O)NCCCC[C@H](NC(=O)CCCCCCCCCCC)C(=O)O. The van der Waals surface area contributed by atoms with Gasteiger partial charge in [-0.05, 0) is 32.1 Å². The van der Waals surface area contributed by atoms with Crippen LogP contribution in [-0.4, -0.2) is 35.5 Å². The molecule has 0 fully saturated rings. The highest BCUT2D eigenvalue weighted by Gasteiger charge is 2.19. The zero-order chi connectivity index (χ0) is 26.7. The molecule has 0 spiro atoms. The molecule has 6 nitrogen and oxygen atoms in total. The normalized spacial score (nSPS) is 11.8. The van der Waals surface area contributed by atoms with Crippen molar-refractivity contribution in [3.63, 3.8) is 0 Å². The van der Waals surface area contributed by atoms with Gasteiger partial charge in [0, 0.05) is 19.4 Å². The monoisotopic (exact) mass is 510 g/mol. The molecule has 0 aromatic rings. The molecule has 36 heavy (non-hydrogen) atoms. The number of carbonyl (C=O) groups is 3. The van der Waals surface area contributed by atoms with Crippen LogP contribution >= 0.6 is 0 Å². The summed E-state index contributed by atoms with van der Waals surface area (Å²) in [7, 11) is 0. The van der Waals surface area contributed by atoms with Crippen molar-refractivity contribution in [2.24, 2.45) is 0 Å². The van der Waals surface area contributed by atoms with E-state index < -0.39 is 12.0 Å². The number of carboxylic acids is 1. The van der Waals surface area contributed by atoms with E-state index in [1.54, 1.807) is 0 Å². The summed E-state index contributed by atoms with van der Waals surface area (Å²) in [6.45, 7) is 5.02. The van der Waals surface area contributed by atoms with Gasteiger partial charge in [-0.15, -0.1) is 0 Å². The van der Waals surface area contributed by atoms with Crippen LogP contribution in [0.3, 0.4) is 0 Å². The Morgan fingerprint density at radius 2 is 0.972 bits per heavy atom. The minimum absolute atomic E-state index is 0.0852. The third-order valence-electron chi connectivity index (χ3n) is 6.89. The van der Waals surface area contributed by atoms with E-state index in [-0.39, 0.29) is 11.8 Å². The van der Waals surface area contributed by atoms with Crippen molar-refractivity contribution in [1.29, 1.82) is 0 Å². The molecule has 6 heteroatoms. The molecule has 0 aromatic carbocycles. The summed E-state index contributed by atoms with van der Waals surface area (Å²) < 4.78 is 0. The Labute approximate surface area is 222 Å². The summed E-state index contributed by atoms with van der Waals surface area (Å²) in [5.74, 6) is -1.06. The number of rotatable bonds is 27. The molecule has 0 bridgehead atoms. The van der Waals surface area contributed by atoms with E-state index >= 15 is 0 Å². The van der Waals surface area contributed by atoms with Gasteiger partial charge in [0.15, 0.2) is 0 Å². The fraction of sp³-hybridized carbons (Fsp3) is 0.900. The van der Waals surface area contributed by atoms with Gasteiger partial charge < -0.3 is 15.7 Å². The van der Waals surface area contributed by atoms with E-state index in [0.29, 0.717) is 32.2 Å². The van der Waals surface area contributed by atoms with Crippen molar-refractivity contribution < 1.29 is 19.5 Å². The lowest BCUT2D eigenvalue weighted by Gasteiger charge is -2.14. The lowest BCUT2D eigenvalue weighted by molar-refractivity contribution is -0.142. The number of hydrogen-bond acceptors (Lipinski definition) is 3. The van der Waals surface area contributed by atoms with Gasteiger partial charge in [0.2, 0.25) is 11.8 Å². The van der Waals surface area contributed by atoms with E-state index in [4.69, 9.17) is 0 Å². The smallest absolute Gasteiger partial charge is 0.326 e. The lowest BCUT2D eigenvalue weighted by Crippen LogP contribution is -2.40. The first kappa shape index (κ1) is 34.4. The van der Waals surface area contributed by atoms with Crippen LogP contribution in [0.2, 0.25) is 0 Å². The summed E-state index contributed by atoms with van der Waals surface area (Å²) in [6.07, 6.45) is 24.6. The lowest BCUT2D eigenvalue weighted by atomic mass is 10.1. The Morgan fingerprint density at radius 1 is 0.556 bits per heavy atom. The fourth-order valence-electron chi connectivity index (χ4n) is 4.51. The summed E-state index contributed by atoms with van der Waals surface area (Å²) in [4.78, 5) is 35.6. The molecule has 0 aromatic heterocycles. The van der Waals surface area contributed by atoms with Crippen molar-refractivity contribution in [2.45, 2.75) is 168 Å². The third-order valence-corrected chi connectivity index (χ3v) is 6.89. The molecule has 0 radical (unpaired) electrons. The Bertz CT molecular complexity index is 539. The Balaban J connectivity index is 3.69. The second-order valence-electron chi connectivity index (χ2n) is 10.5. The van der Waals surface area contributed by atoms with Gasteiger partial charge in [0.25, 0.3) is 0 Å². The third kappa shape index (κ3) is 24.1. The molecule has 0 heterocycles. The van der Waals surface area contributed by atoms with Crippen LogP contribution in [0.4, 0.5) is 0 Å². The largest absolute Gasteiger partial charge is 0.480 e. The Morgan fingerprint density at radius 3 is 1.42 bits per heavy atom. The number of amides is 2. The van der Waals surface area contributed by atoms with E-state index in [9.17, 15) is 19.5 Å². The number of hydrogen-bond donors (Lipinski definition) is 3. The van der Waals surface area contributed by atoms with Crippen LogP contribution in [0.5, 0.6) is 0 Å². The first-order chi connectivity index (χ1) is 17.5. The summed E-state index contributed by atoms with van der Waals surface area (Å²) in [5, 5.41) is 15.0. The molecule has 0 saturated carbocycles. The van der Waals surface area contributed by atoms with Crippen LogP contribution in [0.1, 0.15) is 162 Å². The standard InChI is InChI=1S/C30H58N2O4/c1-3-5-7-9-11-13-15-17-19-24-28(33)31-26-22-21-23-27(30(35)36)32-29(34)25-20-18-16-14-12-10-8-6-4-2/h27H,3-26H2,1-2H3,(H,31,33)(H,32,34)(H,35,36)/t27-/m0/s1. The fourth-order valence-corrected chi connectivity index (χ4v) is 4.51. The van der Waals surface area contributed by atoms with Crippen molar-refractivity contribution in [3.05, 3.63) is 0 Å². The summed E-state index contributed by atoms with van der Waals surface area (Å²) >= 11 is 0. The molecule has 0 aliphatic rings. The predicted molar refractivity (Wildman–Crippen MR) is 150 cm³/mol. The van der Waals surface area contributed by atoms with Crippen molar-refractivity contribution in [3.8, 4) is 0 Å². The van der Waals surface area contributed by atoms with Crippen LogP contribution in [-0.2, 0) is 14.4 Å². The van der Waals surface area contributed by atoms with E-state index in [2.05, 4.69) is 24.5 Å². The summed E-state index contributed by atoms with van der Waals surface area (Å²) in [5.41, 5.74) is 0. The Hall–Kier alpha value is -1.59. The van der Waals surface area contributed by atoms with Gasteiger partial charge in [-0.25, -0.2) is 4.79 Å². The van der Waals surface area contributed by atoms with Crippen molar-refractivity contribution >= 4 is 17.8 Å². The highest BCUT2D eigenvalue weighted by molar-refractivity contribution is 5.83. The zero-order valence-electron chi connectivity index (χ0n) is 23.7. The van der Waals surface area contributed by atoms with E-state index in [1.165, 1.54) is 83.5 Å². The molecule has 0 saturated heterocycles. The van der Waals surface area contributed by atoms with E-state index in [1.807, 2.05) is 0 Å². The van der Waals surface area contributed by atoms with E-state index in [0.717, 1.165) is 38.5 Å². The molecule has 0 aliphatic heterocycles. The maximum absolute atomic E-state index is 12.1. The number of unbranched alkanes of at least 4 members (excludes halogenated alkanes) is 17. The van der Waals surface area contributed by atoms with Crippen LogP contribution in [0.25, 0.3) is 0 Å². The van der Waals surface area contributed by atoms with Crippen LogP contribution < -0.4 is 10.6 Å². The van der Waals surface area contributed by atoms with Gasteiger partial charge in [0.05, 0.1) is 0 Å². The van der Waals surface area contributed by atoms with Crippen LogP contribution in [0.15, 0.2) is 0 Å². The molecule has 3 N–H and O–H groups in total.